The van der Waals surface area contributed by atoms with E-state index in [9.17, 15) is 4.79 Å². The second kappa shape index (κ2) is 9.32. The van der Waals surface area contributed by atoms with Gasteiger partial charge in [-0.1, -0.05) is 38.5 Å². The third-order valence-electron chi connectivity index (χ3n) is 4.30. The van der Waals surface area contributed by atoms with Gasteiger partial charge < -0.3 is 16.2 Å². The van der Waals surface area contributed by atoms with Gasteiger partial charge in [-0.15, -0.1) is 0 Å². The lowest BCUT2D eigenvalue weighted by Crippen LogP contribution is -2.46. The number of nitrogens with one attached hydrogen (secondary N) is 1. The average Bonchev–Trinajstić information content (AvgIpc) is 2.68. The van der Waals surface area contributed by atoms with Crippen LogP contribution in [0.15, 0.2) is 0 Å². The van der Waals surface area contributed by atoms with Gasteiger partial charge in [-0.2, -0.15) is 0 Å². The Labute approximate surface area is 117 Å². The van der Waals surface area contributed by atoms with E-state index in [2.05, 4.69) is 5.32 Å². The zero-order valence-corrected chi connectivity index (χ0v) is 12.1. The number of aliphatic hydroxyl groups is 1. The Kier molecular flexibility index (Phi) is 8.07. The Balaban J connectivity index is 2.28. The van der Waals surface area contributed by atoms with Crippen molar-refractivity contribution in [1.82, 2.24) is 5.32 Å². The second-order valence-corrected chi connectivity index (χ2v) is 5.79. The van der Waals surface area contributed by atoms with E-state index in [0.717, 1.165) is 57.9 Å². The molecule has 0 spiro atoms. The summed E-state index contributed by atoms with van der Waals surface area (Å²) >= 11 is 0. The number of aliphatic hydroxyl groups excluding tert-OH is 1. The molecule has 112 valence electrons. The highest BCUT2D eigenvalue weighted by Crippen LogP contribution is 2.34. The van der Waals surface area contributed by atoms with Crippen LogP contribution >= 0.6 is 0 Å². The molecule has 1 aliphatic carbocycles. The molecule has 0 aromatic heterocycles. The minimum Gasteiger partial charge on any atom is -0.396 e. The maximum Gasteiger partial charge on any atom is 0.227 e. The molecule has 1 rings (SSSR count). The van der Waals surface area contributed by atoms with Crippen LogP contribution in [0.25, 0.3) is 0 Å². The summed E-state index contributed by atoms with van der Waals surface area (Å²) in [6.07, 6.45) is 10.6. The van der Waals surface area contributed by atoms with Gasteiger partial charge in [0, 0.05) is 19.7 Å². The molecule has 4 N–H and O–H groups in total. The van der Waals surface area contributed by atoms with E-state index < -0.39 is 0 Å². The van der Waals surface area contributed by atoms with Crippen molar-refractivity contribution in [3.63, 3.8) is 0 Å². The first-order valence-corrected chi connectivity index (χ1v) is 7.84. The van der Waals surface area contributed by atoms with Crippen LogP contribution < -0.4 is 11.1 Å². The molecule has 4 nitrogen and oxygen atoms in total. The van der Waals surface area contributed by atoms with E-state index in [1.165, 1.54) is 12.8 Å². The number of rotatable bonds is 8. The molecule has 0 aliphatic heterocycles. The van der Waals surface area contributed by atoms with E-state index in [-0.39, 0.29) is 17.9 Å². The molecule has 0 unspecified atom stereocenters. The van der Waals surface area contributed by atoms with E-state index >= 15 is 0 Å². The standard InChI is InChI=1S/C15H30N2O2/c16-13-15(9-5-1-2-6-10-15)14(19)17-11-7-3-4-8-12-18/h18H,1-13,16H2,(H,17,19). The summed E-state index contributed by atoms with van der Waals surface area (Å²) in [6, 6.07) is 0. The summed E-state index contributed by atoms with van der Waals surface area (Å²) in [7, 11) is 0. The maximum absolute atomic E-state index is 12.4. The Hall–Kier alpha value is -0.610. The molecule has 0 radical (unpaired) electrons. The Morgan fingerprint density at radius 1 is 1.05 bits per heavy atom. The van der Waals surface area contributed by atoms with Crippen molar-refractivity contribution in [3.8, 4) is 0 Å². The van der Waals surface area contributed by atoms with Crippen LogP contribution in [0, 0.1) is 5.41 Å². The first kappa shape index (κ1) is 16.4. The number of amides is 1. The number of carbonyl (C=O) groups excluding carboxylic acids is 1. The lowest BCUT2D eigenvalue weighted by Gasteiger charge is -2.29. The number of unbranched alkanes of at least 4 members (excludes halogenated alkanes) is 3. The van der Waals surface area contributed by atoms with Crippen molar-refractivity contribution in [1.29, 1.82) is 0 Å². The molecule has 0 aromatic rings. The minimum atomic E-state index is -0.304. The van der Waals surface area contributed by atoms with Gasteiger partial charge in [0.05, 0.1) is 5.41 Å². The van der Waals surface area contributed by atoms with E-state index in [0.29, 0.717) is 6.54 Å². The lowest BCUT2D eigenvalue weighted by molar-refractivity contribution is -0.131. The van der Waals surface area contributed by atoms with Crippen LogP contribution in [0.5, 0.6) is 0 Å². The molecule has 0 heterocycles. The SMILES string of the molecule is NCC1(C(=O)NCCCCCCO)CCCCCC1. The zero-order valence-electron chi connectivity index (χ0n) is 12.1. The predicted molar refractivity (Wildman–Crippen MR) is 77.8 cm³/mol. The first-order valence-electron chi connectivity index (χ1n) is 7.84. The normalized spacial score (nSPS) is 18.8. The molecule has 4 heteroatoms. The number of carbonyl (C=O) groups is 1. The molecule has 1 amide bonds. The van der Waals surface area contributed by atoms with Crippen LogP contribution in [0.4, 0.5) is 0 Å². The Morgan fingerprint density at radius 2 is 1.68 bits per heavy atom. The van der Waals surface area contributed by atoms with Crippen molar-refractivity contribution < 1.29 is 9.90 Å². The predicted octanol–water partition coefficient (Wildman–Crippen LogP) is 1.95. The Bertz CT molecular complexity index is 249. The fourth-order valence-electron chi connectivity index (χ4n) is 2.91. The van der Waals surface area contributed by atoms with Crippen molar-refractivity contribution in [2.24, 2.45) is 11.1 Å². The highest BCUT2D eigenvalue weighted by Gasteiger charge is 2.36. The zero-order chi connectivity index (χ0) is 14.0. The van der Waals surface area contributed by atoms with Crippen LogP contribution in [0.1, 0.15) is 64.2 Å². The van der Waals surface area contributed by atoms with Gasteiger partial charge in [0.2, 0.25) is 5.91 Å². The molecular weight excluding hydrogens is 240 g/mol. The largest absolute Gasteiger partial charge is 0.396 e. The average molecular weight is 270 g/mol. The van der Waals surface area contributed by atoms with Crippen LogP contribution in [0.3, 0.4) is 0 Å². The fourth-order valence-corrected chi connectivity index (χ4v) is 2.91. The van der Waals surface area contributed by atoms with Crippen LogP contribution in [-0.4, -0.2) is 30.7 Å². The Morgan fingerprint density at radius 3 is 2.26 bits per heavy atom. The molecule has 1 saturated carbocycles. The summed E-state index contributed by atoms with van der Waals surface area (Å²) in [4.78, 5) is 12.4. The van der Waals surface area contributed by atoms with Crippen molar-refractivity contribution in [3.05, 3.63) is 0 Å². The summed E-state index contributed by atoms with van der Waals surface area (Å²) in [5.74, 6) is 0.166. The van der Waals surface area contributed by atoms with Gasteiger partial charge in [-0.3, -0.25) is 4.79 Å². The number of nitrogens with two attached hydrogens (primary N) is 1. The third-order valence-corrected chi connectivity index (χ3v) is 4.30. The van der Waals surface area contributed by atoms with Gasteiger partial charge in [-0.05, 0) is 25.7 Å². The van der Waals surface area contributed by atoms with Gasteiger partial charge in [0.1, 0.15) is 0 Å². The van der Waals surface area contributed by atoms with Crippen molar-refractivity contribution in [2.75, 3.05) is 19.7 Å². The van der Waals surface area contributed by atoms with Gasteiger partial charge in [0.15, 0.2) is 0 Å². The summed E-state index contributed by atoms with van der Waals surface area (Å²) in [5, 5.41) is 11.8. The number of hydrogen-bond donors (Lipinski definition) is 3. The van der Waals surface area contributed by atoms with Crippen molar-refractivity contribution in [2.45, 2.75) is 64.2 Å². The molecule has 0 atom stereocenters. The molecule has 0 bridgehead atoms. The monoisotopic (exact) mass is 270 g/mol. The summed E-state index contributed by atoms with van der Waals surface area (Å²) in [5.41, 5.74) is 5.59. The summed E-state index contributed by atoms with van der Waals surface area (Å²) < 4.78 is 0. The van der Waals surface area contributed by atoms with Gasteiger partial charge in [0.25, 0.3) is 0 Å². The van der Waals surface area contributed by atoms with Crippen LogP contribution in [-0.2, 0) is 4.79 Å². The topological polar surface area (TPSA) is 75.4 Å². The van der Waals surface area contributed by atoms with E-state index in [4.69, 9.17) is 10.8 Å². The molecule has 0 saturated heterocycles. The quantitative estimate of drug-likeness (QED) is 0.466. The number of hydrogen-bond acceptors (Lipinski definition) is 3. The van der Waals surface area contributed by atoms with E-state index in [1.54, 1.807) is 0 Å². The molecule has 1 fully saturated rings. The third kappa shape index (κ3) is 5.49. The van der Waals surface area contributed by atoms with Gasteiger partial charge in [-0.25, -0.2) is 0 Å². The molecule has 19 heavy (non-hydrogen) atoms. The first-order chi connectivity index (χ1) is 9.25. The second-order valence-electron chi connectivity index (χ2n) is 5.79. The van der Waals surface area contributed by atoms with Crippen molar-refractivity contribution >= 4 is 5.91 Å². The molecule has 0 aromatic carbocycles. The maximum atomic E-state index is 12.4. The fraction of sp³-hybridized carbons (Fsp3) is 0.933. The highest BCUT2D eigenvalue weighted by molar-refractivity contribution is 5.82. The van der Waals surface area contributed by atoms with Gasteiger partial charge >= 0.3 is 0 Å². The molecule has 1 aliphatic rings. The van der Waals surface area contributed by atoms with E-state index in [1.807, 2.05) is 0 Å². The highest BCUT2D eigenvalue weighted by atomic mass is 16.2. The molecular formula is C15H30N2O2. The smallest absolute Gasteiger partial charge is 0.227 e. The lowest BCUT2D eigenvalue weighted by atomic mass is 9.79. The van der Waals surface area contributed by atoms with Crippen LogP contribution in [0.2, 0.25) is 0 Å². The minimum absolute atomic E-state index is 0.166. The summed E-state index contributed by atoms with van der Waals surface area (Å²) in [6.45, 7) is 1.48.